The summed E-state index contributed by atoms with van der Waals surface area (Å²) in [6.45, 7) is 7.30. The summed E-state index contributed by atoms with van der Waals surface area (Å²) in [6.07, 6.45) is 9.20. The number of aromatic nitrogens is 2. The highest BCUT2D eigenvalue weighted by Crippen LogP contribution is 2.28. The highest BCUT2D eigenvalue weighted by atomic mass is 35.5. The first-order valence-electron chi connectivity index (χ1n) is 11.9. The Morgan fingerprint density at radius 1 is 1.10 bits per heavy atom. The summed E-state index contributed by atoms with van der Waals surface area (Å²) in [5.74, 6) is 0.847. The maximum atomic E-state index is 13.1. The Morgan fingerprint density at radius 2 is 1.84 bits per heavy atom. The molecule has 2 aliphatic rings. The number of rotatable bonds is 6. The lowest BCUT2D eigenvalue weighted by Gasteiger charge is -2.39. The van der Waals surface area contributed by atoms with E-state index in [-0.39, 0.29) is 5.91 Å². The number of halogens is 1. The number of nitrogens with zero attached hydrogens (tertiary/aromatic N) is 3. The summed E-state index contributed by atoms with van der Waals surface area (Å²) in [6, 6.07) is 9.04. The summed E-state index contributed by atoms with van der Waals surface area (Å²) < 4.78 is 2.25. The molecule has 2 aromatic rings. The van der Waals surface area contributed by atoms with Gasteiger partial charge in [0.2, 0.25) is 0 Å². The van der Waals surface area contributed by atoms with Gasteiger partial charge in [-0.25, -0.2) is 4.98 Å². The normalized spacial score (nSPS) is 22.0. The quantitative estimate of drug-likeness (QED) is 0.616. The van der Waals surface area contributed by atoms with Gasteiger partial charge >= 0.3 is 0 Å². The van der Waals surface area contributed by atoms with Crippen LogP contribution in [0.25, 0.3) is 11.4 Å². The van der Waals surface area contributed by atoms with Crippen molar-refractivity contribution >= 4 is 17.5 Å². The van der Waals surface area contributed by atoms with Gasteiger partial charge in [0.1, 0.15) is 11.5 Å². The molecule has 4 rings (SSSR count). The van der Waals surface area contributed by atoms with E-state index in [9.17, 15) is 4.79 Å². The fraction of sp³-hybridized carbons (Fsp3) is 0.600. The van der Waals surface area contributed by atoms with E-state index < -0.39 is 0 Å². The zero-order chi connectivity index (χ0) is 21.8. The van der Waals surface area contributed by atoms with Crippen molar-refractivity contribution in [3.05, 3.63) is 40.7 Å². The molecule has 0 aliphatic carbocycles. The standard InChI is InChI=1S/C25H35ClN4O/c1-18-8-6-9-19(2)29(18)17-7-15-27-25(31)23-22-10-4-3-5-16-30(22)24(28-23)20-11-13-21(26)14-12-20/h11-14,18-19H,3-10,15-17H2,1-2H3,(H,27,31)/t18-,19+. The van der Waals surface area contributed by atoms with Crippen LogP contribution in [0.2, 0.25) is 5.02 Å². The number of benzene rings is 1. The van der Waals surface area contributed by atoms with Gasteiger partial charge in [0, 0.05) is 42.3 Å². The Bertz CT molecular complexity index is 882. The zero-order valence-electron chi connectivity index (χ0n) is 18.9. The molecule has 1 N–H and O–H groups in total. The second-order valence-electron chi connectivity index (χ2n) is 9.18. The number of carbonyl (C=O) groups is 1. The number of fused-ring (bicyclic) bond motifs is 1. The fourth-order valence-corrected chi connectivity index (χ4v) is 5.31. The molecule has 1 fully saturated rings. The first kappa shape index (κ1) is 22.3. The van der Waals surface area contributed by atoms with Crippen molar-refractivity contribution in [2.45, 2.75) is 83.8 Å². The zero-order valence-corrected chi connectivity index (χ0v) is 19.6. The summed E-state index contributed by atoms with van der Waals surface area (Å²) in [5.41, 5.74) is 2.70. The number of hydrogen-bond acceptors (Lipinski definition) is 3. The lowest BCUT2D eigenvalue weighted by atomic mass is 9.97. The number of nitrogens with one attached hydrogen (secondary N) is 1. The van der Waals surface area contributed by atoms with Crippen LogP contribution < -0.4 is 5.32 Å². The first-order valence-corrected chi connectivity index (χ1v) is 12.3. The molecule has 31 heavy (non-hydrogen) atoms. The predicted octanol–water partition coefficient (Wildman–Crippen LogP) is 5.31. The molecule has 0 spiro atoms. The van der Waals surface area contributed by atoms with E-state index in [4.69, 9.17) is 16.6 Å². The molecule has 0 unspecified atom stereocenters. The molecule has 1 amide bonds. The smallest absolute Gasteiger partial charge is 0.271 e. The monoisotopic (exact) mass is 442 g/mol. The Balaban J connectivity index is 1.44. The topological polar surface area (TPSA) is 50.2 Å². The van der Waals surface area contributed by atoms with Gasteiger partial charge in [0.15, 0.2) is 0 Å². The summed E-state index contributed by atoms with van der Waals surface area (Å²) in [4.78, 5) is 20.5. The van der Waals surface area contributed by atoms with Gasteiger partial charge < -0.3 is 9.88 Å². The molecule has 3 heterocycles. The van der Waals surface area contributed by atoms with Crippen molar-refractivity contribution < 1.29 is 4.79 Å². The molecule has 0 saturated carbocycles. The molecule has 2 aliphatic heterocycles. The van der Waals surface area contributed by atoms with E-state index in [2.05, 4.69) is 28.6 Å². The lowest BCUT2D eigenvalue weighted by molar-refractivity contribution is 0.0921. The maximum Gasteiger partial charge on any atom is 0.271 e. The van der Waals surface area contributed by atoms with Gasteiger partial charge in [-0.05, 0) is 76.6 Å². The third-order valence-corrected chi connectivity index (χ3v) is 7.19. The molecule has 168 valence electrons. The van der Waals surface area contributed by atoms with Gasteiger partial charge in [-0.3, -0.25) is 9.69 Å². The molecule has 0 radical (unpaired) electrons. The minimum absolute atomic E-state index is 0.0365. The molecule has 1 saturated heterocycles. The van der Waals surface area contributed by atoms with Crippen LogP contribution in [0.4, 0.5) is 0 Å². The van der Waals surface area contributed by atoms with Crippen LogP contribution in [-0.2, 0) is 13.0 Å². The van der Waals surface area contributed by atoms with Crippen molar-refractivity contribution in [2.24, 2.45) is 0 Å². The second-order valence-corrected chi connectivity index (χ2v) is 9.61. The number of hydrogen-bond donors (Lipinski definition) is 1. The van der Waals surface area contributed by atoms with E-state index in [0.29, 0.717) is 29.3 Å². The number of amides is 1. The predicted molar refractivity (Wildman–Crippen MR) is 127 cm³/mol. The lowest BCUT2D eigenvalue weighted by Crippen LogP contribution is -2.44. The third-order valence-electron chi connectivity index (χ3n) is 6.94. The molecule has 1 aromatic carbocycles. The Kier molecular flexibility index (Phi) is 7.34. The number of likely N-dealkylation sites (tertiary alicyclic amines) is 1. The van der Waals surface area contributed by atoms with Crippen molar-refractivity contribution in [1.82, 2.24) is 19.8 Å². The van der Waals surface area contributed by atoms with Gasteiger partial charge in [-0.1, -0.05) is 24.4 Å². The Hall–Kier alpha value is -1.85. The van der Waals surface area contributed by atoms with Crippen LogP contribution in [0.3, 0.4) is 0 Å². The SMILES string of the molecule is C[C@@H]1CCC[C@H](C)N1CCCNC(=O)c1nc(-c2ccc(Cl)cc2)n2c1CCCCC2. The van der Waals surface area contributed by atoms with E-state index in [1.54, 1.807) is 0 Å². The van der Waals surface area contributed by atoms with E-state index in [0.717, 1.165) is 55.9 Å². The molecule has 1 aromatic heterocycles. The highest BCUT2D eigenvalue weighted by molar-refractivity contribution is 6.30. The van der Waals surface area contributed by atoms with Crippen molar-refractivity contribution in [1.29, 1.82) is 0 Å². The van der Waals surface area contributed by atoms with Crippen LogP contribution in [-0.4, -0.2) is 45.5 Å². The number of piperidine rings is 1. The largest absolute Gasteiger partial charge is 0.351 e. The molecule has 6 heteroatoms. The average molecular weight is 443 g/mol. The van der Waals surface area contributed by atoms with Crippen LogP contribution in [0.15, 0.2) is 24.3 Å². The van der Waals surface area contributed by atoms with Crippen molar-refractivity contribution in [3.8, 4) is 11.4 Å². The van der Waals surface area contributed by atoms with Crippen LogP contribution >= 0.6 is 11.6 Å². The van der Waals surface area contributed by atoms with Crippen LogP contribution in [0.1, 0.15) is 75.0 Å². The summed E-state index contributed by atoms with van der Waals surface area (Å²) in [5, 5.41) is 3.86. The Labute approximate surface area is 191 Å². The molecular weight excluding hydrogens is 408 g/mol. The van der Waals surface area contributed by atoms with Gasteiger partial charge in [0.05, 0.1) is 5.69 Å². The number of imidazole rings is 1. The average Bonchev–Trinajstić information content (AvgIpc) is 2.94. The summed E-state index contributed by atoms with van der Waals surface area (Å²) >= 11 is 6.07. The first-order chi connectivity index (χ1) is 15.0. The summed E-state index contributed by atoms with van der Waals surface area (Å²) in [7, 11) is 0. The highest BCUT2D eigenvalue weighted by Gasteiger charge is 2.25. The van der Waals surface area contributed by atoms with Gasteiger partial charge in [-0.2, -0.15) is 0 Å². The fourth-order valence-electron chi connectivity index (χ4n) is 5.18. The maximum absolute atomic E-state index is 13.1. The molecule has 2 atom stereocenters. The van der Waals surface area contributed by atoms with E-state index in [1.807, 2.05) is 24.3 Å². The minimum Gasteiger partial charge on any atom is -0.351 e. The molecule has 0 bridgehead atoms. The Morgan fingerprint density at radius 3 is 2.58 bits per heavy atom. The van der Waals surface area contributed by atoms with Crippen molar-refractivity contribution in [2.75, 3.05) is 13.1 Å². The van der Waals surface area contributed by atoms with Crippen molar-refractivity contribution in [3.63, 3.8) is 0 Å². The second kappa shape index (κ2) is 10.2. The van der Waals surface area contributed by atoms with Crippen LogP contribution in [0.5, 0.6) is 0 Å². The van der Waals surface area contributed by atoms with Gasteiger partial charge in [0.25, 0.3) is 5.91 Å². The molecule has 5 nitrogen and oxygen atoms in total. The van der Waals surface area contributed by atoms with E-state index in [1.165, 1.54) is 25.7 Å². The minimum atomic E-state index is -0.0365. The van der Waals surface area contributed by atoms with Crippen LogP contribution in [0, 0.1) is 0 Å². The van der Waals surface area contributed by atoms with Gasteiger partial charge in [-0.15, -0.1) is 0 Å². The number of carbonyl (C=O) groups excluding carboxylic acids is 1. The van der Waals surface area contributed by atoms with E-state index >= 15 is 0 Å². The molecular formula is C25H35ClN4O. The third kappa shape index (κ3) is 5.15.